The van der Waals surface area contributed by atoms with Crippen LogP contribution in [0.2, 0.25) is 0 Å². The summed E-state index contributed by atoms with van der Waals surface area (Å²) in [5, 5.41) is 27.0. The monoisotopic (exact) mass is 523 g/mol. The molecule has 1 aromatic heterocycles. The topological polar surface area (TPSA) is 54.6 Å². The number of rotatable bonds is 2. The lowest BCUT2D eigenvalue weighted by Crippen LogP contribution is -2.13. The van der Waals surface area contributed by atoms with Crippen LogP contribution in [-0.2, 0) is 6.54 Å². The summed E-state index contributed by atoms with van der Waals surface area (Å²) in [6.07, 6.45) is 0. The minimum atomic E-state index is -0.113. The van der Waals surface area contributed by atoms with Crippen LogP contribution in [0.5, 0.6) is 23.0 Å². The number of benzene rings is 6. The van der Waals surface area contributed by atoms with E-state index in [1.807, 2.05) is 36.4 Å². The molecule has 0 radical (unpaired) electrons. The number of aryl methyl sites for hydroxylation is 1. The minimum Gasteiger partial charge on any atom is -0.508 e. The maximum absolute atomic E-state index is 10.2. The van der Waals surface area contributed by atoms with Crippen LogP contribution in [0.1, 0.15) is 37.0 Å². The van der Waals surface area contributed by atoms with E-state index in [1.165, 1.54) is 27.4 Å². The van der Waals surface area contributed by atoms with Gasteiger partial charge in [0.15, 0.2) is 0 Å². The van der Waals surface area contributed by atoms with E-state index in [4.69, 9.17) is 4.74 Å². The molecule has 0 amide bonds. The second kappa shape index (κ2) is 8.78. The van der Waals surface area contributed by atoms with Crippen LogP contribution in [0.4, 0.5) is 0 Å². The van der Waals surface area contributed by atoms with Gasteiger partial charge in [-0.2, -0.15) is 0 Å². The smallest absolute Gasteiger partial charge is 0.132 e. The van der Waals surface area contributed by atoms with E-state index >= 15 is 0 Å². The molecule has 0 unspecified atom stereocenters. The van der Waals surface area contributed by atoms with Gasteiger partial charge in [0.1, 0.15) is 23.0 Å². The highest BCUT2D eigenvalue weighted by atomic mass is 16.5. The van der Waals surface area contributed by atoms with Crippen LogP contribution in [-0.4, -0.2) is 14.8 Å². The van der Waals surface area contributed by atoms with Crippen molar-refractivity contribution in [2.24, 2.45) is 0 Å². The lowest BCUT2D eigenvalue weighted by Gasteiger charge is -2.31. The Hall–Kier alpha value is -4.96. The summed E-state index contributed by atoms with van der Waals surface area (Å²) in [7, 11) is 0. The molecule has 0 saturated carbocycles. The van der Waals surface area contributed by atoms with E-state index in [9.17, 15) is 10.2 Å². The molecule has 0 aliphatic carbocycles. The number of phenols is 2. The van der Waals surface area contributed by atoms with Gasteiger partial charge >= 0.3 is 0 Å². The highest BCUT2D eigenvalue weighted by Crippen LogP contribution is 2.53. The second-order valence-electron chi connectivity index (χ2n) is 10.3. The Bertz CT molecular complexity index is 2030. The Balaban J connectivity index is 0.00000264. The molecule has 0 fully saturated rings. The summed E-state index contributed by atoms with van der Waals surface area (Å²) in [5.74, 6) is 2.01. The highest BCUT2D eigenvalue weighted by Gasteiger charge is 2.32. The van der Waals surface area contributed by atoms with Crippen molar-refractivity contribution >= 4 is 43.4 Å². The van der Waals surface area contributed by atoms with E-state index < -0.39 is 0 Å². The Morgan fingerprint density at radius 1 is 0.625 bits per heavy atom. The molecule has 40 heavy (non-hydrogen) atoms. The Morgan fingerprint density at radius 3 is 1.85 bits per heavy atom. The third kappa shape index (κ3) is 3.32. The molecule has 8 rings (SSSR count). The molecular weight excluding hydrogens is 494 g/mol. The van der Waals surface area contributed by atoms with Crippen molar-refractivity contribution in [3.63, 3.8) is 0 Å². The van der Waals surface area contributed by atoms with Crippen LogP contribution in [0, 0.1) is 0 Å². The van der Waals surface area contributed by atoms with Crippen molar-refractivity contribution in [3.05, 3.63) is 120 Å². The molecule has 0 saturated heterocycles. The fourth-order valence-corrected chi connectivity index (χ4v) is 6.60. The third-order valence-electron chi connectivity index (χ3n) is 8.25. The second-order valence-corrected chi connectivity index (χ2v) is 10.3. The molecule has 2 heterocycles. The van der Waals surface area contributed by atoms with E-state index in [1.54, 1.807) is 24.3 Å². The van der Waals surface area contributed by atoms with Crippen molar-refractivity contribution < 1.29 is 14.9 Å². The number of nitrogens with zero attached hydrogens (tertiary/aromatic N) is 1. The van der Waals surface area contributed by atoms with Gasteiger partial charge in [0, 0.05) is 45.4 Å². The Labute approximate surface area is 232 Å². The quantitative estimate of drug-likeness (QED) is 0.237. The van der Waals surface area contributed by atoms with Crippen LogP contribution >= 0.6 is 0 Å². The first-order valence-corrected chi connectivity index (χ1v) is 13.3. The SMILES string of the molecule is C.CCn1c2ccccc2c2cc(C3c4c(ccc5cc(O)ccc45)Oc4ccc5cc(O)ccc5c43)ccc21. The Morgan fingerprint density at radius 2 is 1.23 bits per heavy atom. The first-order valence-electron chi connectivity index (χ1n) is 13.3. The summed E-state index contributed by atoms with van der Waals surface area (Å²) < 4.78 is 8.93. The summed E-state index contributed by atoms with van der Waals surface area (Å²) in [6.45, 7) is 3.09. The zero-order valence-corrected chi connectivity index (χ0v) is 21.3. The summed E-state index contributed by atoms with van der Waals surface area (Å²) in [5.41, 5.74) is 5.80. The predicted molar refractivity (Wildman–Crippen MR) is 164 cm³/mol. The molecule has 0 atom stereocenters. The summed E-state index contributed by atoms with van der Waals surface area (Å²) in [6, 6.07) is 34.5. The van der Waals surface area contributed by atoms with E-state index in [-0.39, 0.29) is 24.8 Å². The number of phenolic OH excluding ortho intramolecular Hbond substituents is 2. The van der Waals surface area contributed by atoms with Crippen molar-refractivity contribution in [1.82, 2.24) is 4.57 Å². The van der Waals surface area contributed by atoms with Crippen LogP contribution in [0.25, 0.3) is 43.4 Å². The van der Waals surface area contributed by atoms with E-state index in [0.717, 1.165) is 50.7 Å². The normalized spacial score (nSPS) is 12.8. The van der Waals surface area contributed by atoms with Crippen LogP contribution in [0.3, 0.4) is 0 Å². The lowest BCUT2D eigenvalue weighted by molar-refractivity contribution is 0.455. The molecule has 0 bridgehead atoms. The lowest BCUT2D eigenvalue weighted by atomic mass is 9.78. The number of hydrogen-bond donors (Lipinski definition) is 2. The van der Waals surface area contributed by atoms with Crippen molar-refractivity contribution in [1.29, 1.82) is 0 Å². The molecule has 0 spiro atoms. The number of hydrogen-bond acceptors (Lipinski definition) is 3. The van der Waals surface area contributed by atoms with Gasteiger partial charge in [0.2, 0.25) is 0 Å². The van der Waals surface area contributed by atoms with Gasteiger partial charge in [-0.1, -0.05) is 56.0 Å². The van der Waals surface area contributed by atoms with Crippen molar-refractivity contribution in [2.45, 2.75) is 26.8 Å². The van der Waals surface area contributed by atoms with Crippen LogP contribution in [0.15, 0.2) is 103 Å². The summed E-state index contributed by atoms with van der Waals surface area (Å²) >= 11 is 0. The zero-order valence-electron chi connectivity index (χ0n) is 21.3. The average Bonchev–Trinajstić information content (AvgIpc) is 3.28. The summed E-state index contributed by atoms with van der Waals surface area (Å²) in [4.78, 5) is 0. The van der Waals surface area contributed by atoms with E-state index in [0.29, 0.717) is 0 Å². The molecular formula is C36H29NO3. The molecule has 1 aliphatic heterocycles. The molecule has 4 nitrogen and oxygen atoms in total. The van der Waals surface area contributed by atoms with Gasteiger partial charge in [0.25, 0.3) is 0 Å². The first kappa shape index (κ1) is 24.1. The van der Waals surface area contributed by atoms with Gasteiger partial charge in [-0.3, -0.25) is 0 Å². The van der Waals surface area contributed by atoms with Crippen molar-refractivity contribution in [3.8, 4) is 23.0 Å². The maximum atomic E-state index is 10.2. The Kier molecular flexibility index (Phi) is 5.29. The third-order valence-corrected chi connectivity index (χ3v) is 8.25. The molecule has 4 heteroatoms. The standard InChI is InChI=1S/C35H25NO3.CH4/c1-2-36-29-6-4-3-5-27(29)28-19-22(7-14-30(28)36)33-34-25-12-10-23(37)17-20(25)8-15-31(34)39-32-16-9-21-18-24(38)11-13-26(21)35(32)33;/h3-19,33,37-38H,2H2,1H3;1H4. The highest BCUT2D eigenvalue weighted by molar-refractivity contribution is 6.08. The molecule has 196 valence electrons. The predicted octanol–water partition coefficient (Wildman–Crippen LogP) is 9.45. The average molecular weight is 524 g/mol. The largest absolute Gasteiger partial charge is 0.508 e. The number of para-hydroxylation sites is 1. The fraction of sp³-hybridized carbons (Fsp3) is 0.111. The molecule has 7 aromatic rings. The molecule has 1 aliphatic rings. The molecule has 6 aromatic carbocycles. The minimum absolute atomic E-state index is 0. The van der Waals surface area contributed by atoms with Gasteiger partial charge < -0.3 is 19.5 Å². The number of ether oxygens (including phenoxy) is 1. The van der Waals surface area contributed by atoms with Crippen LogP contribution < -0.4 is 4.74 Å². The fourth-order valence-electron chi connectivity index (χ4n) is 6.60. The van der Waals surface area contributed by atoms with E-state index in [2.05, 4.69) is 54.0 Å². The van der Waals surface area contributed by atoms with Gasteiger partial charge in [-0.05, 0) is 88.6 Å². The van der Waals surface area contributed by atoms with Gasteiger partial charge in [0.05, 0.1) is 0 Å². The number of fused-ring (bicyclic) bond motifs is 9. The van der Waals surface area contributed by atoms with Gasteiger partial charge in [-0.15, -0.1) is 0 Å². The zero-order chi connectivity index (χ0) is 26.2. The first-order chi connectivity index (χ1) is 19.1. The maximum Gasteiger partial charge on any atom is 0.132 e. The number of aromatic hydroxyl groups is 2. The van der Waals surface area contributed by atoms with Crippen molar-refractivity contribution in [2.75, 3.05) is 0 Å². The van der Waals surface area contributed by atoms with Gasteiger partial charge in [-0.25, -0.2) is 0 Å². The number of aromatic nitrogens is 1. The molecule has 2 N–H and O–H groups in total.